The van der Waals surface area contributed by atoms with Gasteiger partial charge >= 0.3 is 0 Å². The second-order valence-electron chi connectivity index (χ2n) is 9.16. The minimum absolute atomic E-state index is 0.462. The fourth-order valence-electron chi connectivity index (χ4n) is 3.89. The maximum absolute atomic E-state index is 6.24. The fraction of sp³-hybridized carbons (Fsp3) is 0.542. The number of H-pyrrole nitrogens is 1. The zero-order valence-corrected chi connectivity index (χ0v) is 17.5. The largest absolute Gasteiger partial charge is 0.383 e. The number of rotatable bonds is 8. The Labute approximate surface area is 163 Å². The molecule has 0 radical (unpaired) electrons. The lowest BCUT2D eigenvalue weighted by Crippen LogP contribution is -2.03. The molecule has 0 aliphatic carbocycles. The van der Waals surface area contributed by atoms with E-state index in [9.17, 15) is 0 Å². The van der Waals surface area contributed by atoms with Gasteiger partial charge in [-0.05, 0) is 48.8 Å². The molecule has 3 N–H and O–H groups in total. The first-order chi connectivity index (χ1) is 12.9. The maximum atomic E-state index is 6.24. The molecule has 3 heteroatoms. The minimum Gasteiger partial charge on any atom is -0.383 e. The van der Waals surface area contributed by atoms with Crippen LogP contribution in [0.25, 0.3) is 21.8 Å². The number of nitrogens with two attached hydrogens (primary N) is 1. The molecule has 0 saturated carbocycles. The average Bonchev–Trinajstić information content (AvgIpc) is 3.02. The lowest BCUT2D eigenvalue weighted by molar-refractivity contribution is 0.357. The first-order valence-electron chi connectivity index (χ1n) is 10.6. The van der Waals surface area contributed by atoms with Gasteiger partial charge in [0.25, 0.3) is 0 Å². The van der Waals surface area contributed by atoms with Crippen molar-refractivity contribution in [3.63, 3.8) is 0 Å². The molecule has 0 saturated heterocycles. The van der Waals surface area contributed by atoms with E-state index in [2.05, 4.69) is 61.9 Å². The van der Waals surface area contributed by atoms with Crippen molar-refractivity contribution in [1.29, 1.82) is 0 Å². The number of unbranched alkanes of at least 4 members (excludes halogenated alkanes) is 3. The smallest absolute Gasteiger partial charge is 0.133 e. The molecular weight excluding hydrogens is 330 g/mol. The highest BCUT2D eigenvalue weighted by Crippen LogP contribution is 2.29. The van der Waals surface area contributed by atoms with Gasteiger partial charge in [-0.3, -0.25) is 0 Å². The molecule has 3 aromatic rings. The van der Waals surface area contributed by atoms with E-state index < -0.39 is 0 Å². The van der Waals surface area contributed by atoms with Gasteiger partial charge in [0, 0.05) is 16.5 Å². The quantitative estimate of drug-likeness (QED) is 0.432. The first kappa shape index (κ1) is 19.7. The molecule has 2 heterocycles. The van der Waals surface area contributed by atoms with Crippen molar-refractivity contribution < 1.29 is 0 Å². The average molecular weight is 366 g/mol. The first-order valence-corrected chi connectivity index (χ1v) is 10.6. The molecule has 3 nitrogen and oxygen atoms in total. The molecule has 3 rings (SSSR count). The molecule has 1 aromatic carbocycles. The van der Waals surface area contributed by atoms with Gasteiger partial charge in [-0.1, -0.05) is 65.5 Å². The summed E-state index contributed by atoms with van der Waals surface area (Å²) in [6, 6.07) is 8.85. The van der Waals surface area contributed by atoms with Crippen LogP contribution in [0.15, 0.2) is 24.3 Å². The summed E-state index contributed by atoms with van der Waals surface area (Å²) < 4.78 is 0. The molecule has 0 spiro atoms. The maximum Gasteiger partial charge on any atom is 0.133 e. The molecular formula is C24H35N3. The lowest BCUT2D eigenvalue weighted by atomic mass is 9.89. The number of hydrogen-bond acceptors (Lipinski definition) is 2. The van der Waals surface area contributed by atoms with Gasteiger partial charge in [0.15, 0.2) is 0 Å². The third-order valence-corrected chi connectivity index (χ3v) is 5.38. The number of aromatic nitrogens is 2. The van der Waals surface area contributed by atoms with E-state index >= 15 is 0 Å². The van der Waals surface area contributed by atoms with Crippen molar-refractivity contribution in [2.45, 2.75) is 79.1 Å². The van der Waals surface area contributed by atoms with Gasteiger partial charge in [-0.2, -0.15) is 0 Å². The number of nitrogen functional groups attached to an aromatic ring is 1. The Kier molecular flexibility index (Phi) is 6.08. The number of nitrogens with one attached hydrogen (secondary N) is 1. The van der Waals surface area contributed by atoms with Crippen molar-refractivity contribution in [3.05, 3.63) is 35.5 Å². The third-order valence-electron chi connectivity index (χ3n) is 5.38. The number of aromatic amines is 1. The van der Waals surface area contributed by atoms with E-state index in [-0.39, 0.29) is 0 Å². The van der Waals surface area contributed by atoms with Crippen LogP contribution in [0.5, 0.6) is 0 Å². The number of nitrogens with zero attached hydrogens (tertiary/aromatic N) is 1. The van der Waals surface area contributed by atoms with E-state index in [1.54, 1.807) is 0 Å². The Morgan fingerprint density at radius 1 is 0.963 bits per heavy atom. The van der Waals surface area contributed by atoms with Crippen LogP contribution in [0.4, 0.5) is 5.82 Å². The Morgan fingerprint density at radius 2 is 1.74 bits per heavy atom. The Morgan fingerprint density at radius 3 is 2.48 bits per heavy atom. The Hall–Kier alpha value is -2.03. The van der Waals surface area contributed by atoms with Gasteiger partial charge in [0.1, 0.15) is 5.82 Å². The van der Waals surface area contributed by atoms with Gasteiger partial charge in [-0.15, -0.1) is 0 Å². The summed E-state index contributed by atoms with van der Waals surface area (Å²) in [6.45, 7) is 9.17. The predicted molar refractivity (Wildman–Crippen MR) is 118 cm³/mol. The van der Waals surface area contributed by atoms with Crippen molar-refractivity contribution >= 4 is 27.6 Å². The summed E-state index contributed by atoms with van der Waals surface area (Å²) in [6.07, 6.45) is 9.83. The van der Waals surface area contributed by atoms with Crippen LogP contribution in [0, 0.1) is 5.41 Å². The molecule has 0 aliphatic rings. The van der Waals surface area contributed by atoms with E-state index in [0.717, 1.165) is 35.7 Å². The van der Waals surface area contributed by atoms with Crippen LogP contribution in [0.3, 0.4) is 0 Å². The van der Waals surface area contributed by atoms with Crippen LogP contribution in [0.2, 0.25) is 0 Å². The lowest BCUT2D eigenvalue weighted by Gasteiger charge is -2.17. The highest BCUT2D eigenvalue weighted by Gasteiger charge is 2.11. The molecule has 0 fully saturated rings. The van der Waals surface area contributed by atoms with Crippen LogP contribution in [-0.2, 0) is 12.8 Å². The summed E-state index contributed by atoms with van der Waals surface area (Å²) in [4.78, 5) is 8.24. The number of aryl methyl sites for hydroxylation is 2. The molecule has 0 amide bonds. The molecule has 2 aromatic heterocycles. The minimum atomic E-state index is 0.462. The summed E-state index contributed by atoms with van der Waals surface area (Å²) >= 11 is 0. The van der Waals surface area contributed by atoms with Crippen molar-refractivity contribution in [3.8, 4) is 0 Å². The zero-order chi connectivity index (χ0) is 19.4. The van der Waals surface area contributed by atoms with Crippen molar-refractivity contribution in [1.82, 2.24) is 9.97 Å². The van der Waals surface area contributed by atoms with E-state index in [0.29, 0.717) is 11.2 Å². The van der Waals surface area contributed by atoms with Crippen LogP contribution >= 0.6 is 0 Å². The standard InChI is InChI=1S/C24H35N3/c1-5-10-18-16-20-22(26-18)19-13-12-17(15-21(19)27-23(20)25)11-8-6-7-9-14-24(2,3)4/h12-13,15-16,26H,5-11,14H2,1-4H3,(H2,25,27). The van der Waals surface area contributed by atoms with Gasteiger partial charge in [-0.25, -0.2) is 4.98 Å². The second-order valence-corrected chi connectivity index (χ2v) is 9.16. The SMILES string of the molecule is CCCc1cc2c(N)nc3cc(CCCCCCC(C)(C)C)ccc3c2[nH]1. The number of benzene rings is 1. The predicted octanol–water partition coefficient (Wildman–Crippen LogP) is 6.79. The Bertz CT molecular complexity index is 899. The summed E-state index contributed by atoms with van der Waals surface area (Å²) in [5.41, 5.74) is 11.5. The summed E-state index contributed by atoms with van der Waals surface area (Å²) in [7, 11) is 0. The summed E-state index contributed by atoms with van der Waals surface area (Å²) in [5.74, 6) is 0.635. The van der Waals surface area contributed by atoms with Gasteiger partial charge in [0.2, 0.25) is 0 Å². The zero-order valence-electron chi connectivity index (χ0n) is 17.5. The molecule has 0 unspecified atom stereocenters. The molecule has 0 atom stereocenters. The van der Waals surface area contributed by atoms with Crippen molar-refractivity contribution in [2.24, 2.45) is 5.41 Å². The fourth-order valence-corrected chi connectivity index (χ4v) is 3.89. The third kappa shape index (κ3) is 5.03. The number of pyridine rings is 1. The highest BCUT2D eigenvalue weighted by molar-refractivity contribution is 6.08. The molecule has 0 aliphatic heterocycles. The van der Waals surface area contributed by atoms with E-state index in [4.69, 9.17) is 5.73 Å². The highest BCUT2D eigenvalue weighted by atomic mass is 14.9. The molecule has 0 bridgehead atoms. The van der Waals surface area contributed by atoms with Gasteiger partial charge < -0.3 is 10.7 Å². The number of fused-ring (bicyclic) bond motifs is 3. The molecule has 146 valence electrons. The summed E-state index contributed by atoms with van der Waals surface area (Å²) in [5, 5.41) is 2.23. The van der Waals surface area contributed by atoms with E-state index in [1.165, 1.54) is 48.7 Å². The number of anilines is 1. The topological polar surface area (TPSA) is 54.7 Å². The normalized spacial score (nSPS) is 12.3. The van der Waals surface area contributed by atoms with Crippen molar-refractivity contribution in [2.75, 3.05) is 5.73 Å². The Balaban J connectivity index is 1.67. The van der Waals surface area contributed by atoms with Gasteiger partial charge in [0.05, 0.1) is 11.0 Å². The molecule has 27 heavy (non-hydrogen) atoms. The van der Waals surface area contributed by atoms with Crippen LogP contribution < -0.4 is 5.73 Å². The second kappa shape index (κ2) is 8.33. The number of hydrogen-bond donors (Lipinski definition) is 2. The monoisotopic (exact) mass is 365 g/mol. The van der Waals surface area contributed by atoms with Crippen LogP contribution in [0.1, 0.15) is 77.5 Å². The van der Waals surface area contributed by atoms with E-state index in [1.807, 2.05) is 0 Å². The van der Waals surface area contributed by atoms with Crippen LogP contribution in [-0.4, -0.2) is 9.97 Å².